The molecule has 0 atom stereocenters. The van der Waals surface area contributed by atoms with Gasteiger partial charge in [0.05, 0.1) is 0 Å². The lowest BCUT2D eigenvalue weighted by molar-refractivity contribution is 0.309. The van der Waals surface area contributed by atoms with Crippen LogP contribution in [0, 0.1) is 0 Å². The Bertz CT molecular complexity index is 353. The first-order valence-electron chi connectivity index (χ1n) is 5.76. The third kappa shape index (κ3) is 2.40. The summed E-state index contributed by atoms with van der Waals surface area (Å²) in [5.74, 6) is 1.09. The summed E-state index contributed by atoms with van der Waals surface area (Å²) in [6, 6.07) is 0.452. The Kier molecular flexibility index (Phi) is 3.54. The summed E-state index contributed by atoms with van der Waals surface area (Å²) < 4.78 is 3.16. The molecule has 0 bridgehead atoms. The summed E-state index contributed by atoms with van der Waals surface area (Å²) in [5, 5.41) is 0. The fourth-order valence-corrected chi connectivity index (χ4v) is 2.35. The van der Waals surface area contributed by atoms with E-state index in [1.807, 2.05) is 0 Å². The van der Waals surface area contributed by atoms with Crippen LogP contribution in [0.2, 0.25) is 0 Å². The highest BCUT2D eigenvalue weighted by molar-refractivity contribution is 9.10. The van der Waals surface area contributed by atoms with Gasteiger partial charge in [0.25, 0.3) is 0 Å². The molecule has 0 aromatic carbocycles. The summed E-state index contributed by atoms with van der Waals surface area (Å²) in [7, 11) is 2.17. The topological polar surface area (TPSA) is 24.3 Å². The van der Waals surface area contributed by atoms with Gasteiger partial charge in [0, 0.05) is 38.4 Å². The predicted octanol–water partition coefficient (Wildman–Crippen LogP) is 1.98. The molecule has 1 aromatic heterocycles. The van der Waals surface area contributed by atoms with E-state index < -0.39 is 0 Å². The van der Waals surface area contributed by atoms with Gasteiger partial charge in [-0.05, 0) is 36.8 Å². The Morgan fingerprint density at radius 2 is 1.88 bits per heavy atom. The first kappa shape index (κ1) is 11.9. The summed E-state index contributed by atoms with van der Waals surface area (Å²) in [5.41, 5.74) is 0. The first-order chi connectivity index (χ1) is 7.58. The van der Waals surface area contributed by atoms with Crippen molar-refractivity contribution in [1.82, 2.24) is 14.5 Å². The van der Waals surface area contributed by atoms with Crippen molar-refractivity contribution in [2.75, 3.05) is 38.1 Å². The molecule has 2 heterocycles. The van der Waals surface area contributed by atoms with Crippen LogP contribution >= 0.6 is 15.9 Å². The molecule has 4 nitrogen and oxygen atoms in total. The summed E-state index contributed by atoms with van der Waals surface area (Å²) >= 11 is 3.46. The molecule has 0 aliphatic carbocycles. The SMILES string of the molecule is CC(C)n1cc(Br)nc1N1CCN(C)CC1. The van der Waals surface area contributed by atoms with E-state index >= 15 is 0 Å². The quantitative estimate of drug-likeness (QED) is 0.831. The van der Waals surface area contributed by atoms with Crippen LogP contribution in [0.3, 0.4) is 0 Å². The molecule has 1 aromatic rings. The van der Waals surface area contributed by atoms with E-state index in [2.05, 4.69) is 62.4 Å². The molecule has 0 radical (unpaired) electrons. The van der Waals surface area contributed by atoms with E-state index in [0.29, 0.717) is 6.04 Å². The number of imidazole rings is 1. The van der Waals surface area contributed by atoms with Gasteiger partial charge in [0.15, 0.2) is 0 Å². The van der Waals surface area contributed by atoms with Crippen molar-refractivity contribution in [2.45, 2.75) is 19.9 Å². The van der Waals surface area contributed by atoms with Gasteiger partial charge in [-0.1, -0.05) is 0 Å². The Hall–Kier alpha value is -0.550. The highest BCUT2D eigenvalue weighted by Crippen LogP contribution is 2.23. The van der Waals surface area contributed by atoms with Crippen LogP contribution in [0.5, 0.6) is 0 Å². The number of likely N-dealkylation sites (N-methyl/N-ethyl adjacent to an activating group) is 1. The summed E-state index contributed by atoms with van der Waals surface area (Å²) in [6.07, 6.45) is 2.07. The lowest BCUT2D eigenvalue weighted by atomic mass is 10.3. The maximum atomic E-state index is 4.57. The summed E-state index contributed by atoms with van der Waals surface area (Å²) in [6.45, 7) is 8.73. The van der Waals surface area contributed by atoms with Crippen molar-refractivity contribution < 1.29 is 0 Å². The van der Waals surface area contributed by atoms with Crippen molar-refractivity contribution in [3.8, 4) is 0 Å². The molecular weight excluding hydrogens is 268 g/mol. The zero-order valence-corrected chi connectivity index (χ0v) is 11.7. The minimum Gasteiger partial charge on any atom is -0.340 e. The minimum absolute atomic E-state index is 0.452. The van der Waals surface area contributed by atoms with Crippen molar-refractivity contribution in [3.05, 3.63) is 10.8 Å². The average molecular weight is 287 g/mol. The van der Waals surface area contributed by atoms with Crippen molar-refractivity contribution in [3.63, 3.8) is 0 Å². The van der Waals surface area contributed by atoms with E-state index in [0.717, 1.165) is 36.7 Å². The van der Waals surface area contributed by atoms with Crippen molar-refractivity contribution in [1.29, 1.82) is 0 Å². The number of halogens is 1. The van der Waals surface area contributed by atoms with Gasteiger partial charge in [0.1, 0.15) is 4.60 Å². The number of rotatable bonds is 2. The molecule has 1 aliphatic heterocycles. The molecule has 1 saturated heterocycles. The summed E-state index contributed by atoms with van der Waals surface area (Å²) in [4.78, 5) is 9.29. The maximum Gasteiger partial charge on any atom is 0.206 e. The van der Waals surface area contributed by atoms with Crippen LogP contribution in [-0.2, 0) is 0 Å². The van der Waals surface area contributed by atoms with E-state index in [4.69, 9.17) is 0 Å². The number of nitrogens with zero attached hydrogens (tertiary/aromatic N) is 4. The molecule has 0 spiro atoms. The van der Waals surface area contributed by atoms with Gasteiger partial charge in [-0.2, -0.15) is 0 Å². The van der Waals surface area contributed by atoms with Crippen molar-refractivity contribution >= 4 is 21.9 Å². The van der Waals surface area contributed by atoms with Crippen LogP contribution in [0.25, 0.3) is 0 Å². The fraction of sp³-hybridized carbons (Fsp3) is 0.727. The van der Waals surface area contributed by atoms with E-state index in [-0.39, 0.29) is 0 Å². The Morgan fingerprint density at radius 3 is 2.44 bits per heavy atom. The molecule has 1 fully saturated rings. The number of hydrogen-bond donors (Lipinski definition) is 0. The standard InChI is InChI=1S/C11H19BrN4/c1-9(2)16-8-10(12)13-11(16)15-6-4-14(3)5-7-15/h8-9H,4-7H2,1-3H3. The second kappa shape index (κ2) is 4.75. The van der Waals surface area contributed by atoms with Crippen molar-refractivity contribution in [2.24, 2.45) is 0 Å². The monoisotopic (exact) mass is 286 g/mol. The smallest absolute Gasteiger partial charge is 0.206 e. The third-order valence-corrected chi connectivity index (χ3v) is 3.41. The molecule has 1 aliphatic rings. The third-order valence-electron chi connectivity index (χ3n) is 3.03. The molecule has 0 unspecified atom stereocenters. The minimum atomic E-state index is 0.452. The van der Waals surface area contributed by atoms with Crippen LogP contribution in [-0.4, -0.2) is 47.7 Å². The molecule has 2 rings (SSSR count). The van der Waals surface area contributed by atoms with Gasteiger partial charge in [0.2, 0.25) is 5.95 Å². The van der Waals surface area contributed by atoms with Crippen LogP contribution in [0.4, 0.5) is 5.95 Å². The molecule has 90 valence electrons. The second-order valence-corrected chi connectivity index (χ2v) is 5.47. The van der Waals surface area contributed by atoms with Gasteiger partial charge in [-0.25, -0.2) is 4.98 Å². The Morgan fingerprint density at radius 1 is 1.25 bits per heavy atom. The highest BCUT2D eigenvalue weighted by atomic mass is 79.9. The van der Waals surface area contributed by atoms with Crippen LogP contribution < -0.4 is 4.90 Å². The normalized spacial score (nSPS) is 18.4. The van der Waals surface area contributed by atoms with E-state index in [9.17, 15) is 0 Å². The zero-order chi connectivity index (χ0) is 11.7. The Labute approximate surface area is 105 Å². The zero-order valence-electron chi connectivity index (χ0n) is 10.1. The fourth-order valence-electron chi connectivity index (χ4n) is 1.98. The van der Waals surface area contributed by atoms with Gasteiger partial charge < -0.3 is 14.4 Å². The number of aromatic nitrogens is 2. The van der Waals surface area contributed by atoms with Crippen LogP contribution in [0.15, 0.2) is 10.8 Å². The maximum absolute atomic E-state index is 4.57. The lowest BCUT2D eigenvalue weighted by Gasteiger charge is -2.33. The second-order valence-electron chi connectivity index (χ2n) is 4.65. The largest absolute Gasteiger partial charge is 0.340 e. The molecule has 0 amide bonds. The highest BCUT2D eigenvalue weighted by Gasteiger charge is 2.20. The predicted molar refractivity (Wildman–Crippen MR) is 70.0 cm³/mol. The molecule has 0 N–H and O–H groups in total. The first-order valence-corrected chi connectivity index (χ1v) is 6.55. The van der Waals surface area contributed by atoms with E-state index in [1.165, 1.54) is 0 Å². The van der Waals surface area contributed by atoms with Gasteiger partial charge in [-0.3, -0.25) is 0 Å². The Balaban J connectivity index is 2.19. The number of piperazine rings is 1. The number of hydrogen-bond acceptors (Lipinski definition) is 3. The van der Waals surface area contributed by atoms with Crippen LogP contribution in [0.1, 0.15) is 19.9 Å². The number of anilines is 1. The molecule has 5 heteroatoms. The van der Waals surface area contributed by atoms with Gasteiger partial charge >= 0.3 is 0 Å². The van der Waals surface area contributed by atoms with E-state index in [1.54, 1.807) is 0 Å². The average Bonchev–Trinajstić information content (AvgIpc) is 2.61. The van der Waals surface area contributed by atoms with Gasteiger partial charge in [-0.15, -0.1) is 0 Å². The molecule has 16 heavy (non-hydrogen) atoms. The molecule has 0 saturated carbocycles. The lowest BCUT2D eigenvalue weighted by Crippen LogP contribution is -2.45. The molecular formula is C11H19BrN4.